The number of hydrogen-bond donors (Lipinski definition) is 1. The molecule has 0 saturated heterocycles. The molecule has 18 heavy (non-hydrogen) atoms. The van der Waals surface area contributed by atoms with Crippen LogP contribution >= 0.6 is 11.6 Å². The maximum Gasteiger partial charge on any atom is 0.0770 e. The van der Waals surface area contributed by atoms with Crippen LogP contribution in [0.15, 0.2) is 12.1 Å². The summed E-state index contributed by atoms with van der Waals surface area (Å²) in [4.78, 5) is 4.73. The average Bonchev–Trinajstić information content (AvgIpc) is 2.35. The van der Waals surface area contributed by atoms with E-state index in [2.05, 4.69) is 32.2 Å². The van der Waals surface area contributed by atoms with E-state index < -0.39 is 0 Å². The van der Waals surface area contributed by atoms with Gasteiger partial charge in [-0.1, -0.05) is 18.5 Å². The Balaban J connectivity index is 2.86. The van der Waals surface area contributed by atoms with Gasteiger partial charge in [-0.3, -0.25) is 4.98 Å². The molecule has 2 nitrogen and oxygen atoms in total. The van der Waals surface area contributed by atoms with E-state index in [1.54, 1.807) is 0 Å². The van der Waals surface area contributed by atoms with Gasteiger partial charge < -0.3 is 5.32 Å². The second-order valence-corrected chi connectivity index (χ2v) is 4.91. The Labute approximate surface area is 113 Å². The van der Waals surface area contributed by atoms with E-state index in [0.717, 1.165) is 34.8 Å². The molecule has 2 aromatic rings. The molecule has 1 aromatic heterocycles. The van der Waals surface area contributed by atoms with Gasteiger partial charge in [0.1, 0.15) is 0 Å². The van der Waals surface area contributed by atoms with Crippen molar-refractivity contribution in [3.05, 3.63) is 34.0 Å². The number of halogens is 1. The van der Waals surface area contributed by atoms with E-state index in [0.29, 0.717) is 0 Å². The molecule has 1 N–H and O–H groups in total. The first-order chi connectivity index (χ1) is 8.60. The van der Waals surface area contributed by atoms with Crippen molar-refractivity contribution >= 4 is 28.2 Å². The quantitative estimate of drug-likeness (QED) is 0.881. The minimum absolute atomic E-state index is 0.779. The molecule has 1 aromatic carbocycles. The molecule has 0 spiro atoms. The molecule has 3 heteroatoms. The van der Waals surface area contributed by atoms with Gasteiger partial charge in [0, 0.05) is 28.3 Å². The van der Waals surface area contributed by atoms with Crippen LogP contribution in [-0.2, 0) is 6.42 Å². The summed E-state index contributed by atoms with van der Waals surface area (Å²) < 4.78 is 0. The van der Waals surface area contributed by atoms with Crippen LogP contribution in [0.5, 0.6) is 0 Å². The van der Waals surface area contributed by atoms with E-state index in [1.165, 1.54) is 16.6 Å². The summed E-state index contributed by atoms with van der Waals surface area (Å²) in [6.45, 7) is 9.29. The van der Waals surface area contributed by atoms with Crippen molar-refractivity contribution in [1.29, 1.82) is 0 Å². The summed E-state index contributed by atoms with van der Waals surface area (Å²) in [5.41, 5.74) is 5.66. The molecular weight excluding hydrogens is 244 g/mol. The van der Waals surface area contributed by atoms with Crippen molar-refractivity contribution in [2.24, 2.45) is 0 Å². The fraction of sp³-hybridized carbons (Fsp3) is 0.400. The molecule has 0 unspecified atom stereocenters. The lowest BCUT2D eigenvalue weighted by atomic mass is 10.0. The Kier molecular flexibility index (Phi) is 3.76. The second-order valence-electron chi connectivity index (χ2n) is 4.50. The van der Waals surface area contributed by atoms with E-state index >= 15 is 0 Å². The highest BCUT2D eigenvalue weighted by atomic mass is 35.5. The highest BCUT2D eigenvalue weighted by Crippen LogP contribution is 2.33. The minimum atomic E-state index is 0.779. The highest BCUT2D eigenvalue weighted by Gasteiger charge is 2.13. The number of rotatable bonds is 3. The zero-order chi connectivity index (χ0) is 13.3. The lowest BCUT2D eigenvalue weighted by Crippen LogP contribution is -2.05. The predicted octanol–water partition coefficient (Wildman–Crippen LogP) is 4.50. The number of aryl methyl sites for hydroxylation is 2. The summed E-state index contributed by atoms with van der Waals surface area (Å²) in [6, 6.07) is 4.02. The zero-order valence-corrected chi connectivity index (χ0v) is 12.2. The number of anilines is 1. The Bertz CT molecular complexity index is 591. The molecule has 0 fully saturated rings. The van der Waals surface area contributed by atoms with Gasteiger partial charge in [0.15, 0.2) is 0 Å². The number of nitrogens with zero attached hydrogens (tertiary/aromatic N) is 1. The first-order valence-electron chi connectivity index (χ1n) is 6.42. The van der Waals surface area contributed by atoms with Gasteiger partial charge in [-0.05, 0) is 50.5 Å². The molecule has 96 valence electrons. The average molecular weight is 263 g/mol. The lowest BCUT2D eigenvalue weighted by molar-refractivity contribution is 1.05. The Morgan fingerprint density at radius 3 is 2.56 bits per heavy atom. The SMILES string of the molecule is CCNc1c(CC)c(C)nc2c(C)c(Cl)ccc12. The topological polar surface area (TPSA) is 24.9 Å². The third-order valence-electron chi connectivity index (χ3n) is 3.36. The predicted molar refractivity (Wildman–Crippen MR) is 79.8 cm³/mol. The molecule has 0 bridgehead atoms. The van der Waals surface area contributed by atoms with Crippen LogP contribution in [-0.4, -0.2) is 11.5 Å². The van der Waals surface area contributed by atoms with Crippen LogP contribution in [0.1, 0.15) is 30.7 Å². The van der Waals surface area contributed by atoms with E-state index in [4.69, 9.17) is 16.6 Å². The van der Waals surface area contributed by atoms with Crippen LogP contribution in [0.3, 0.4) is 0 Å². The molecular formula is C15H19ClN2. The second kappa shape index (κ2) is 5.15. The van der Waals surface area contributed by atoms with E-state index in [-0.39, 0.29) is 0 Å². The highest BCUT2D eigenvalue weighted by molar-refractivity contribution is 6.32. The van der Waals surface area contributed by atoms with Crippen LogP contribution in [0, 0.1) is 13.8 Å². The molecule has 0 aliphatic carbocycles. The van der Waals surface area contributed by atoms with Gasteiger partial charge >= 0.3 is 0 Å². The van der Waals surface area contributed by atoms with Crippen LogP contribution < -0.4 is 5.32 Å². The monoisotopic (exact) mass is 262 g/mol. The fourth-order valence-corrected chi connectivity index (χ4v) is 2.56. The molecule has 1 heterocycles. The Morgan fingerprint density at radius 2 is 1.94 bits per heavy atom. The van der Waals surface area contributed by atoms with Crippen molar-refractivity contribution in [3.8, 4) is 0 Å². The maximum atomic E-state index is 6.18. The lowest BCUT2D eigenvalue weighted by Gasteiger charge is -2.16. The smallest absolute Gasteiger partial charge is 0.0770 e. The van der Waals surface area contributed by atoms with Crippen LogP contribution in [0.25, 0.3) is 10.9 Å². The summed E-state index contributed by atoms with van der Waals surface area (Å²) >= 11 is 6.18. The fourth-order valence-electron chi connectivity index (χ4n) is 2.41. The van der Waals surface area contributed by atoms with Crippen LogP contribution in [0.2, 0.25) is 5.02 Å². The van der Waals surface area contributed by atoms with Crippen molar-refractivity contribution < 1.29 is 0 Å². The van der Waals surface area contributed by atoms with E-state index in [1.807, 2.05) is 13.0 Å². The molecule has 0 aliphatic rings. The molecule has 0 amide bonds. The third-order valence-corrected chi connectivity index (χ3v) is 3.77. The maximum absolute atomic E-state index is 6.18. The first kappa shape index (κ1) is 13.2. The number of benzene rings is 1. The van der Waals surface area contributed by atoms with Crippen LogP contribution in [0.4, 0.5) is 5.69 Å². The Hall–Kier alpha value is -1.28. The largest absolute Gasteiger partial charge is 0.384 e. The van der Waals surface area contributed by atoms with Gasteiger partial charge in [0.25, 0.3) is 0 Å². The standard InChI is InChI=1S/C15H19ClN2/c1-5-11-10(4)18-14-9(3)13(16)8-7-12(14)15(11)17-6-2/h7-8H,5-6H2,1-4H3,(H,17,18). The Morgan fingerprint density at radius 1 is 1.22 bits per heavy atom. The zero-order valence-electron chi connectivity index (χ0n) is 11.4. The summed E-state index contributed by atoms with van der Waals surface area (Å²) in [5.74, 6) is 0. The molecule has 2 rings (SSSR count). The van der Waals surface area contributed by atoms with Gasteiger partial charge in [-0.2, -0.15) is 0 Å². The van der Waals surface area contributed by atoms with Gasteiger partial charge in [-0.15, -0.1) is 0 Å². The normalized spacial score (nSPS) is 10.9. The number of pyridine rings is 1. The molecule has 0 atom stereocenters. The number of hydrogen-bond acceptors (Lipinski definition) is 2. The molecule has 0 radical (unpaired) electrons. The van der Waals surface area contributed by atoms with Crippen molar-refractivity contribution in [3.63, 3.8) is 0 Å². The third kappa shape index (κ3) is 2.05. The molecule has 0 aliphatic heterocycles. The van der Waals surface area contributed by atoms with Crippen molar-refractivity contribution in [1.82, 2.24) is 4.98 Å². The summed E-state index contributed by atoms with van der Waals surface area (Å²) in [5, 5.41) is 5.42. The number of aromatic nitrogens is 1. The van der Waals surface area contributed by atoms with Crippen molar-refractivity contribution in [2.75, 3.05) is 11.9 Å². The summed E-state index contributed by atoms with van der Waals surface area (Å²) in [6.07, 6.45) is 0.985. The van der Waals surface area contributed by atoms with Crippen molar-refractivity contribution in [2.45, 2.75) is 34.1 Å². The number of fused-ring (bicyclic) bond motifs is 1. The number of nitrogens with one attached hydrogen (secondary N) is 1. The van der Waals surface area contributed by atoms with Gasteiger partial charge in [0.05, 0.1) is 5.52 Å². The minimum Gasteiger partial charge on any atom is -0.384 e. The first-order valence-corrected chi connectivity index (χ1v) is 6.80. The van der Waals surface area contributed by atoms with Gasteiger partial charge in [-0.25, -0.2) is 0 Å². The summed E-state index contributed by atoms with van der Waals surface area (Å²) in [7, 11) is 0. The molecule has 0 saturated carbocycles. The van der Waals surface area contributed by atoms with E-state index in [9.17, 15) is 0 Å². The van der Waals surface area contributed by atoms with Gasteiger partial charge in [0.2, 0.25) is 0 Å².